The summed E-state index contributed by atoms with van der Waals surface area (Å²) >= 11 is 0. The molecule has 0 aliphatic heterocycles. The maximum absolute atomic E-state index is 6.67. The molecular weight excluding hydrogens is 841 g/mol. The van der Waals surface area contributed by atoms with Crippen molar-refractivity contribution in [2.24, 2.45) is 0 Å². The maximum atomic E-state index is 6.67. The lowest BCUT2D eigenvalue weighted by Crippen LogP contribution is -2.28. The quantitative estimate of drug-likeness (QED) is 0.160. The molecule has 1 aliphatic rings. The number of aromatic nitrogens is 2. The summed E-state index contributed by atoms with van der Waals surface area (Å²) in [6.07, 6.45) is 0. The third-order valence-corrected chi connectivity index (χ3v) is 14.2. The molecule has 4 heteroatoms. The van der Waals surface area contributed by atoms with Gasteiger partial charge in [-0.15, -0.1) is 0 Å². The predicted octanol–water partition coefficient (Wildman–Crippen LogP) is 17.0. The van der Waals surface area contributed by atoms with Crippen LogP contribution in [0.1, 0.15) is 22.3 Å². The van der Waals surface area contributed by atoms with Gasteiger partial charge in [0.15, 0.2) is 5.82 Å². The standard InChI is InChI=1S/C65H40N2O2/c1-4-17-41(18-5-1)64-66-58(43-31-33-57-54(39-43)50-23-10-13-28-56(50)65(57,47-19-6-2-7-20-47)48-21-8-3-9-22-48)40-59(67-64)46-36-44(42-32-34-62-55(38-42)52-25-12-14-29-60(52)68-62)35-45(37-46)49-26-16-27-53-51-24-11-15-30-61(51)69-63(49)53/h1-40H. The molecule has 0 saturated carbocycles. The largest absolute Gasteiger partial charge is 0.456 e. The predicted molar refractivity (Wildman–Crippen MR) is 281 cm³/mol. The maximum Gasteiger partial charge on any atom is 0.160 e. The number of fused-ring (bicyclic) bond motifs is 9. The lowest BCUT2D eigenvalue weighted by molar-refractivity contribution is 0.669. The van der Waals surface area contributed by atoms with E-state index in [2.05, 4.69) is 200 Å². The molecular formula is C65H40N2O2. The summed E-state index contributed by atoms with van der Waals surface area (Å²) in [5.74, 6) is 0.657. The Kier molecular flexibility index (Phi) is 8.77. The fraction of sp³-hybridized carbons (Fsp3) is 0.0154. The fourth-order valence-electron chi connectivity index (χ4n) is 11.0. The minimum absolute atomic E-state index is 0.496. The van der Waals surface area contributed by atoms with Crippen LogP contribution in [0, 0.1) is 0 Å². The highest BCUT2D eigenvalue weighted by Gasteiger charge is 2.46. The molecule has 0 spiro atoms. The first kappa shape index (κ1) is 39.1. The van der Waals surface area contributed by atoms with E-state index in [-0.39, 0.29) is 0 Å². The van der Waals surface area contributed by atoms with Crippen LogP contribution < -0.4 is 0 Å². The van der Waals surface area contributed by atoms with E-state index in [0.717, 1.165) is 94.2 Å². The SMILES string of the molecule is c1ccc(-c2nc(-c3cc(-c4ccc5oc6ccccc6c5c4)cc(-c4cccc5c4oc4ccccc45)c3)cc(-c3ccc4c(c3)-c3ccccc3C4(c3ccccc3)c3ccccc3)n2)cc1. The van der Waals surface area contributed by atoms with E-state index in [1.165, 1.54) is 33.4 Å². The Hall–Kier alpha value is -9.12. The minimum Gasteiger partial charge on any atom is -0.456 e. The molecule has 1 aliphatic carbocycles. The van der Waals surface area contributed by atoms with Gasteiger partial charge in [-0.25, -0.2) is 9.97 Å². The molecule has 14 rings (SSSR count). The molecule has 322 valence electrons. The minimum atomic E-state index is -0.496. The van der Waals surface area contributed by atoms with E-state index in [1.807, 2.05) is 42.5 Å². The van der Waals surface area contributed by atoms with Crippen molar-refractivity contribution in [1.82, 2.24) is 9.97 Å². The normalized spacial score (nSPS) is 12.8. The van der Waals surface area contributed by atoms with Gasteiger partial charge in [-0.2, -0.15) is 0 Å². The van der Waals surface area contributed by atoms with Crippen LogP contribution in [-0.4, -0.2) is 9.97 Å². The summed E-state index contributed by atoms with van der Waals surface area (Å²) < 4.78 is 13.0. The van der Waals surface area contributed by atoms with Crippen LogP contribution in [0.5, 0.6) is 0 Å². The molecule has 0 amide bonds. The van der Waals surface area contributed by atoms with Gasteiger partial charge in [-0.3, -0.25) is 0 Å². The summed E-state index contributed by atoms with van der Waals surface area (Å²) in [4.78, 5) is 10.8. The van der Waals surface area contributed by atoms with Gasteiger partial charge in [0.1, 0.15) is 22.3 Å². The molecule has 0 radical (unpaired) electrons. The van der Waals surface area contributed by atoms with E-state index < -0.39 is 5.41 Å². The van der Waals surface area contributed by atoms with Crippen molar-refractivity contribution < 1.29 is 8.83 Å². The lowest BCUT2D eigenvalue weighted by atomic mass is 9.67. The summed E-state index contributed by atoms with van der Waals surface area (Å²) in [6.45, 7) is 0. The second kappa shape index (κ2) is 15.5. The van der Waals surface area contributed by atoms with Crippen molar-refractivity contribution in [2.75, 3.05) is 0 Å². The van der Waals surface area contributed by atoms with E-state index >= 15 is 0 Å². The van der Waals surface area contributed by atoms with Crippen molar-refractivity contribution in [3.8, 4) is 67.3 Å². The third-order valence-electron chi connectivity index (χ3n) is 14.2. The number of para-hydroxylation sites is 3. The molecule has 0 atom stereocenters. The van der Waals surface area contributed by atoms with Crippen molar-refractivity contribution in [3.05, 3.63) is 265 Å². The van der Waals surface area contributed by atoms with Gasteiger partial charge in [0, 0.05) is 43.8 Å². The first-order chi connectivity index (χ1) is 34.2. The molecule has 69 heavy (non-hydrogen) atoms. The topological polar surface area (TPSA) is 52.1 Å². The van der Waals surface area contributed by atoms with Crippen LogP contribution in [0.2, 0.25) is 0 Å². The monoisotopic (exact) mass is 880 g/mol. The molecule has 0 fully saturated rings. The zero-order valence-electron chi connectivity index (χ0n) is 37.3. The van der Waals surface area contributed by atoms with Crippen LogP contribution in [0.25, 0.3) is 111 Å². The molecule has 0 bridgehead atoms. The van der Waals surface area contributed by atoms with Crippen molar-refractivity contribution in [2.45, 2.75) is 5.41 Å². The summed E-state index contributed by atoms with van der Waals surface area (Å²) in [5, 5.41) is 4.34. The van der Waals surface area contributed by atoms with Gasteiger partial charge < -0.3 is 8.83 Å². The molecule has 0 saturated heterocycles. The molecule has 0 unspecified atom stereocenters. The van der Waals surface area contributed by atoms with E-state index in [1.54, 1.807) is 0 Å². The number of rotatable bonds is 7. The van der Waals surface area contributed by atoms with Gasteiger partial charge >= 0.3 is 0 Å². The number of furan rings is 2. The Morgan fingerprint density at radius 1 is 0.290 bits per heavy atom. The van der Waals surface area contributed by atoms with Crippen LogP contribution in [0.4, 0.5) is 0 Å². The van der Waals surface area contributed by atoms with Gasteiger partial charge in [0.25, 0.3) is 0 Å². The Morgan fingerprint density at radius 2 is 0.841 bits per heavy atom. The molecule has 3 heterocycles. The molecule has 10 aromatic carbocycles. The zero-order chi connectivity index (χ0) is 45.5. The van der Waals surface area contributed by atoms with Crippen LogP contribution in [0.15, 0.2) is 251 Å². The molecule has 13 aromatic rings. The van der Waals surface area contributed by atoms with E-state index in [9.17, 15) is 0 Å². The van der Waals surface area contributed by atoms with Crippen molar-refractivity contribution >= 4 is 43.9 Å². The fourth-order valence-corrected chi connectivity index (χ4v) is 11.0. The highest BCUT2D eigenvalue weighted by Crippen LogP contribution is 2.56. The number of hydrogen-bond donors (Lipinski definition) is 0. The van der Waals surface area contributed by atoms with Crippen molar-refractivity contribution in [1.29, 1.82) is 0 Å². The van der Waals surface area contributed by atoms with Crippen LogP contribution >= 0.6 is 0 Å². The second-order valence-electron chi connectivity index (χ2n) is 18.0. The van der Waals surface area contributed by atoms with Gasteiger partial charge in [0.05, 0.1) is 16.8 Å². The lowest BCUT2D eigenvalue weighted by Gasteiger charge is -2.33. The van der Waals surface area contributed by atoms with Gasteiger partial charge in [0.2, 0.25) is 0 Å². The third kappa shape index (κ3) is 6.16. The first-order valence-electron chi connectivity index (χ1n) is 23.5. The Morgan fingerprint density at radius 3 is 1.61 bits per heavy atom. The number of hydrogen-bond acceptors (Lipinski definition) is 4. The molecule has 3 aromatic heterocycles. The van der Waals surface area contributed by atoms with Crippen molar-refractivity contribution in [3.63, 3.8) is 0 Å². The smallest absolute Gasteiger partial charge is 0.160 e. The highest BCUT2D eigenvalue weighted by molar-refractivity contribution is 6.10. The summed E-state index contributed by atoms with van der Waals surface area (Å²) in [6, 6.07) is 86.4. The Labute approximate surface area is 398 Å². The van der Waals surface area contributed by atoms with Crippen LogP contribution in [0.3, 0.4) is 0 Å². The number of nitrogens with zero attached hydrogens (tertiary/aromatic N) is 2. The molecule has 0 N–H and O–H groups in total. The van der Waals surface area contributed by atoms with E-state index in [0.29, 0.717) is 5.82 Å². The Balaban J connectivity index is 0.996. The Bertz CT molecular complexity index is 4090. The average molecular weight is 881 g/mol. The second-order valence-corrected chi connectivity index (χ2v) is 18.0. The van der Waals surface area contributed by atoms with Gasteiger partial charge in [-0.05, 0) is 105 Å². The summed E-state index contributed by atoms with van der Waals surface area (Å²) in [7, 11) is 0. The number of benzene rings is 10. The highest BCUT2D eigenvalue weighted by atomic mass is 16.3. The van der Waals surface area contributed by atoms with Crippen LogP contribution in [-0.2, 0) is 5.41 Å². The van der Waals surface area contributed by atoms with Gasteiger partial charge in [-0.1, -0.05) is 188 Å². The van der Waals surface area contributed by atoms with E-state index in [4.69, 9.17) is 18.8 Å². The average Bonchev–Trinajstić information content (AvgIpc) is 4.09. The first-order valence-corrected chi connectivity index (χ1v) is 23.5. The summed E-state index contributed by atoms with van der Waals surface area (Å²) in [5.41, 5.74) is 19.1. The zero-order valence-corrected chi connectivity index (χ0v) is 37.3. The molecule has 4 nitrogen and oxygen atoms in total.